The second kappa shape index (κ2) is 10.9. The van der Waals surface area contributed by atoms with E-state index in [1.54, 1.807) is 38.1 Å². The topological polar surface area (TPSA) is 130 Å². The molecular weight excluding hydrogens is 504 g/mol. The van der Waals surface area contributed by atoms with Gasteiger partial charge in [0.05, 0.1) is 31.4 Å². The number of epoxide rings is 1. The summed E-state index contributed by atoms with van der Waals surface area (Å²) in [6.45, 7) is 7.45. The maximum absolute atomic E-state index is 13.3. The number of carbonyl (C=O) groups is 2. The van der Waals surface area contributed by atoms with Crippen LogP contribution in [0.5, 0.6) is 5.75 Å². The third-order valence-electron chi connectivity index (χ3n) is 8.29. The number of aliphatic hydroxyl groups is 2. The van der Waals surface area contributed by atoms with Crippen LogP contribution in [0.2, 0.25) is 0 Å². The summed E-state index contributed by atoms with van der Waals surface area (Å²) >= 11 is 0. The van der Waals surface area contributed by atoms with Crippen molar-refractivity contribution < 1.29 is 38.7 Å². The molecule has 39 heavy (non-hydrogen) atoms. The number of hydrogen-bond acceptors (Lipinski definition) is 8. The SMILES string of the molecule is COc1cc2cc(c1C)N(C)C(=O)CC(O)C1(C)OC1C(C)C1CC(O)(NC(=O)O1)C(OC)/C=C/C=C(\C)C2. The van der Waals surface area contributed by atoms with Crippen molar-refractivity contribution in [3.05, 3.63) is 47.1 Å². The highest BCUT2D eigenvalue weighted by atomic mass is 16.6. The summed E-state index contributed by atoms with van der Waals surface area (Å²) in [5, 5.41) is 25.0. The van der Waals surface area contributed by atoms with Crippen LogP contribution in [0.3, 0.4) is 0 Å². The first kappa shape index (κ1) is 29.1. The van der Waals surface area contributed by atoms with E-state index < -0.39 is 41.8 Å². The minimum atomic E-state index is -1.72. The lowest BCUT2D eigenvalue weighted by atomic mass is 9.84. The number of alkyl carbamates (subject to hydrolysis) is 1. The Morgan fingerprint density at radius 3 is 2.59 bits per heavy atom. The summed E-state index contributed by atoms with van der Waals surface area (Å²) < 4.78 is 22.6. The molecule has 3 aliphatic rings. The average Bonchev–Trinajstić information content (AvgIpc) is 3.58. The van der Waals surface area contributed by atoms with Crippen LogP contribution in [-0.4, -0.2) is 79.2 Å². The van der Waals surface area contributed by atoms with Crippen LogP contribution < -0.4 is 15.0 Å². The zero-order chi connectivity index (χ0) is 28.7. The molecule has 0 spiro atoms. The Morgan fingerprint density at radius 2 is 1.92 bits per heavy atom. The Kier molecular flexibility index (Phi) is 8.14. The van der Waals surface area contributed by atoms with Gasteiger partial charge in [-0.1, -0.05) is 30.7 Å². The number of nitrogens with zero attached hydrogens (tertiary/aromatic N) is 1. The average molecular weight is 545 g/mol. The number of amides is 2. The quantitative estimate of drug-likeness (QED) is 0.485. The molecule has 4 bridgehead atoms. The molecule has 214 valence electrons. The van der Waals surface area contributed by atoms with E-state index >= 15 is 0 Å². The number of aliphatic hydroxyl groups excluding tert-OH is 1. The standard InChI is InChI=1S/C29H40N2O8/c1-16-9-8-10-24(37-7)29(35)15-22(38-27(34)30-29)18(3)26-28(4,39-26)23(32)14-25(33)31(5)20-12-19(11-16)13-21(36-6)17(20)2/h8-10,12-13,18,22-24,26,32,35H,11,14-15H2,1-7H3,(H,30,34)/b10-8+,16-9+. The summed E-state index contributed by atoms with van der Waals surface area (Å²) in [5.74, 6) is 0.0172. The molecule has 1 aromatic rings. The van der Waals surface area contributed by atoms with Gasteiger partial charge in [-0.05, 0) is 44.9 Å². The molecule has 4 rings (SSSR count). The van der Waals surface area contributed by atoms with E-state index in [4.69, 9.17) is 18.9 Å². The Bertz CT molecular complexity index is 1180. The van der Waals surface area contributed by atoms with Gasteiger partial charge in [0.2, 0.25) is 5.91 Å². The number of benzene rings is 1. The van der Waals surface area contributed by atoms with Crippen molar-refractivity contribution in [3.8, 4) is 5.75 Å². The molecule has 3 N–H and O–H groups in total. The van der Waals surface area contributed by atoms with Crippen molar-refractivity contribution in [2.45, 2.75) is 82.7 Å². The highest BCUT2D eigenvalue weighted by molar-refractivity contribution is 5.94. The molecule has 0 aromatic heterocycles. The fourth-order valence-electron chi connectivity index (χ4n) is 5.72. The third kappa shape index (κ3) is 5.70. The van der Waals surface area contributed by atoms with E-state index in [0.29, 0.717) is 17.9 Å². The molecule has 2 fully saturated rings. The van der Waals surface area contributed by atoms with Crippen LogP contribution in [0.15, 0.2) is 35.9 Å². The Hall–Kier alpha value is -2.92. The molecule has 7 unspecified atom stereocenters. The largest absolute Gasteiger partial charge is 0.496 e. The number of allylic oxidation sites excluding steroid dienone is 3. The van der Waals surface area contributed by atoms with Gasteiger partial charge < -0.3 is 34.1 Å². The first-order valence-electron chi connectivity index (χ1n) is 13.2. The van der Waals surface area contributed by atoms with Gasteiger partial charge >= 0.3 is 6.09 Å². The Balaban J connectivity index is 1.74. The second-order valence-electron chi connectivity index (χ2n) is 11.1. The number of fused-ring (bicyclic) bond motifs is 5. The smallest absolute Gasteiger partial charge is 0.409 e. The van der Waals surface area contributed by atoms with E-state index in [1.807, 2.05) is 39.0 Å². The van der Waals surface area contributed by atoms with E-state index in [-0.39, 0.29) is 24.7 Å². The van der Waals surface area contributed by atoms with E-state index in [2.05, 4.69) is 5.32 Å². The van der Waals surface area contributed by atoms with Crippen molar-refractivity contribution in [3.63, 3.8) is 0 Å². The molecular formula is C29H40N2O8. The van der Waals surface area contributed by atoms with Gasteiger partial charge in [0.1, 0.15) is 23.6 Å². The summed E-state index contributed by atoms with van der Waals surface area (Å²) in [7, 11) is 4.74. The first-order valence-corrected chi connectivity index (χ1v) is 13.2. The summed E-state index contributed by atoms with van der Waals surface area (Å²) in [6.07, 6.45) is 1.96. The van der Waals surface area contributed by atoms with E-state index in [0.717, 1.165) is 16.7 Å². The molecule has 3 heterocycles. The van der Waals surface area contributed by atoms with Gasteiger partial charge in [-0.25, -0.2) is 4.79 Å². The zero-order valence-corrected chi connectivity index (χ0v) is 23.7. The Labute approximate surface area is 229 Å². The van der Waals surface area contributed by atoms with Crippen molar-refractivity contribution in [1.29, 1.82) is 0 Å². The van der Waals surface area contributed by atoms with Gasteiger partial charge in [-0.15, -0.1) is 0 Å². The highest BCUT2D eigenvalue weighted by Gasteiger charge is 2.62. The highest BCUT2D eigenvalue weighted by Crippen LogP contribution is 2.48. The van der Waals surface area contributed by atoms with Crippen molar-refractivity contribution in [2.24, 2.45) is 5.92 Å². The van der Waals surface area contributed by atoms with Crippen LogP contribution in [0.1, 0.15) is 44.7 Å². The normalized spacial score (nSPS) is 37.6. The molecule has 7 atom stereocenters. The van der Waals surface area contributed by atoms with Crippen LogP contribution in [-0.2, 0) is 25.4 Å². The zero-order valence-electron chi connectivity index (χ0n) is 23.7. The van der Waals surface area contributed by atoms with E-state index in [9.17, 15) is 19.8 Å². The third-order valence-corrected chi connectivity index (χ3v) is 8.29. The summed E-state index contributed by atoms with van der Waals surface area (Å²) in [5.41, 5.74) is 0.747. The lowest BCUT2D eigenvalue weighted by molar-refractivity contribution is -0.142. The van der Waals surface area contributed by atoms with Crippen molar-refractivity contribution >= 4 is 17.7 Å². The van der Waals surface area contributed by atoms with E-state index in [1.165, 1.54) is 7.11 Å². The van der Waals surface area contributed by atoms with Crippen LogP contribution in [0, 0.1) is 12.8 Å². The number of carbonyl (C=O) groups excluding carboxylic acids is 2. The minimum Gasteiger partial charge on any atom is -0.496 e. The van der Waals surface area contributed by atoms with Gasteiger partial charge in [0, 0.05) is 32.1 Å². The van der Waals surface area contributed by atoms with Crippen LogP contribution in [0.25, 0.3) is 0 Å². The molecule has 2 amide bonds. The van der Waals surface area contributed by atoms with Gasteiger partial charge in [0.15, 0.2) is 5.72 Å². The number of hydrogen-bond donors (Lipinski definition) is 3. The lowest BCUT2D eigenvalue weighted by Crippen LogP contribution is -2.63. The number of ether oxygens (including phenoxy) is 4. The number of rotatable bonds is 2. The molecule has 10 nitrogen and oxygen atoms in total. The predicted molar refractivity (Wildman–Crippen MR) is 145 cm³/mol. The summed E-state index contributed by atoms with van der Waals surface area (Å²) in [4.78, 5) is 27.3. The van der Waals surface area contributed by atoms with Gasteiger partial charge in [-0.3, -0.25) is 10.1 Å². The molecule has 0 saturated carbocycles. The van der Waals surface area contributed by atoms with Crippen molar-refractivity contribution in [1.82, 2.24) is 5.32 Å². The molecule has 0 aliphatic carbocycles. The molecule has 10 heteroatoms. The minimum absolute atomic E-state index is 0.0457. The molecule has 3 aliphatic heterocycles. The maximum atomic E-state index is 13.3. The maximum Gasteiger partial charge on any atom is 0.409 e. The van der Waals surface area contributed by atoms with Crippen molar-refractivity contribution in [2.75, 3.05) is 26.2 Å². The molecule has 1 aromatic carbocycles. The number of anilines is 1. The van der Waals surface area contributed by atoms with Gasteiger partial charge in [0.25, 0.3) is 0 Å². The Morgan fingerprint density at radius 1 is 1.21 bits per heavy atom. The number of nitrogens with one attached hydrogen (secondary N) is 1. The summed E-state index contributed by atoms with van der Waals surface area (Å²) in [6, 6.07) is 3.90. The van der Waals surface area contributed by atoms with Gasteiger partial charge in [-0.2, -0.15) is 0 Å². The molecule has 2 saturated heterocycles. The first-order chi connectivity index (χ1) is 18.3. The van der Waals surface area contributed by atoms with Crippen LogP contribution in [0.4, 0.5) is 10.5 Å². The number of methoxy groups -OCH3 is 2. The molecule has 0 radical (unpaired) electrons. The predicted octanol–water partition coefficient (Wildman–Crippen LogP) is 2.77. The fourth-order valence-corrected chi connectivity index (χ4v) is 5.72. The second-order valence-corrected chi connectivity index (χ2v) is 11.1. The monoisotopic (exact) mass is 544 g/mol. The fraction of sp³-hybridized carbons (Fsp3) is 0.586. The lowest BCUT2D eigenvalue weighted by Gasteiger charge is -2.42. The van der Waals surface area contributed by atoms with Crippen LogP contribution >= 0.6 is 0 Å².